The molecule has 0 radical (unpaired) electrons. The van der Waals surface area contributed by atoms with Gasteiger partial charge in [0.25, 0.3) is 0 Å². The van der Waals surface area contributed by atoms with Gasteiger partial charge >= 0.3 is 0 Å². The molecule has 0 amide bonds. The number of imidazole rings is 1. The maximum absolute atomic E-state index is 9.46. The van der Waals surface area contributed by atoms with Gasteiger partial charge in [-0.15, -0.1) is 0 Å². The Morgan fingerprint density at radius 3 is 2.90 bits per heavy atom. The summed E-state index contributed by atoms with van der Waals surface area (Å²) in [5.74, 6) is 0.718. The van der Waals surface area contributed by atoms with Gasteiger partial charge in [-0.2, -0.15) is 10.4 Å². The lowest BCUT2D eigenvalue weighted by Gasteiger charge is -2.39. The van der Waals surface area contributed by atoms with E-state index in [1.54, 1.807) is 19.5 Å². The molecule has 1 fully saturated rings. The van der Waals surface area contributed by atoms with Gasteiger partial charge in [-0.25, -0.2) is 9.97 Å². The fourth-order valence-electron chi connectivity index (χ4n) is 3.97. The third-order valence-electron chi connectivity index (χ3n) is 5.79. The van der Waals surface area contributed by atoms with Gasteiger partial charge in [-0.3, -0.25) is 14.1 Å². The molecule has 3 aromatic rings. The molecule has 154 valence electrons. The molecule has 0 unspecified atom stereocenters. The molecule has 9 heteroatoms. The van der Waals surface area contributed by atoms with Crippen LogP contribution in [0.2, 0.25) is 0 Å². The van der Waals surface area contributed by atoms with Crippen molar-refractivity contribution >= 4 is 17.4 Å². The molecule has 0 saturated carbocycles. The second kappa shape index (κ2) is 8.08. The van der Waals surface area contributed by atoms with Crippen molar-refractivity contribution in [2.45, 2.75) is 24.8 Å². The van der Waals surface area contributed by atoms with Crippen LogP contribution in [0.3, 0.4) is 0 Å². The highest BCUT2D eigenvalue weighted by Gasteiger charge is 2.36. The first kappa shape index (κ1) is 19.8. The van der Waals surface area contributed by atoms with Gasteiger partial charge in [0.1, 0.15) is 11.5 Å². The quantitative estimate of drug-likeness (QED) is 0.651. The molecule has 4 rings (SSSR count). The Bertz CT molecular complexity index is 1140. The van der Waals surface area contributed by atoms with Crippen molar-refractivity contribution < 1.29 is 0 Å². The Labute approximate surface area is 175 Å². The number of nitrogens with two attached hydrogens (primary N) is 1. The summed E-state index contributed by atoms with van der Waals surface area (Å²) < 4.78 is 3.89. The standard InChI is InChI=1S/C21H25N9/c1-24-13-16(12-23)18-11-19-25-7-10-29(19)20(27-18)17-14-26-30(15-17)21(3-6-22)4-8-28(2)9-5-21/h7,10-15H,3-5,8-9,23H2,1-2H3. The first-order valence-electron chi connectivity index (χ1n) is 9.90. The van der Waals surface area contributed by atoms with E-state index in [0.717, 1.165) is 43.0 Å². The van der Waals surface area contributed by atoms with Gasteiger partial charge in [-0.1, -0.05) is 0 Å². The molecule has 1 saturated heterocycles. The number of rotatable bonds is 5. The summed E-state index contributed by atoms with van der Waals surface area (Å²) in [5, 5.41) is 14.1. The van der Waals surface area contributed by atoms with Gasteiger partial charge in [0.15, 0.2) is 0 Å². The highest BCUT2D eigenvalue weighted by atomic mass is 15.3. The SMILES string of the molecule is CN=CC(=CN)c1cc2nccn2c(-c2cnn(C3(CC#N)CCN(C)CC3)c2)n1. The highest BCUT2D eigenvalue weighted by Crippen LogP contribution is 2.34. The second-order valence-corrected chi connectivity index (χ2v) is 7.67. The molecule has 1 aliphatic rings. The number of piperidine rings is 1. The van der Waals surface area contributed by atoms with Crippen LogP contribution in [-0.2, 0) is 5.54 Å². The number of likely N-dealkylation sites (tertiary alicyclic amines) is 1. The van der Waals surface area contributed by atoms with Crippen LogP contribution in [0.15, 0.2) is 42.0 Å². The van der Waals surface area contributed by atoms with Crippen LogP contribution in [0, 0.1) is 11.3 Å². The van der Waals surface area contributed by atoms with Gasteiger partial charge in [0.05, 0.1) is 35.5 Å². The summed E-state index contributed by atoms with van der Waals surface area (Å²) >= 11 is 0. The van der Waals surface area contributed by atoms with Crippen molar-refractivity contribution in [3.8, 4) is 17.5 Å². The van der Waals surface area contributed by atoms with E-state index in [2.05, 4.69) is 33.1 Å². The molecule has 1 aliphatic heterocycles. The molecule has 0 atom stereocenters. The molecule has 4 heterocycles. The monoisotopic (exact) mass is 403 g/mol. The maximum Gasteiger partial charge on any atom is 0.149 e. The van der Waals surface area contributed by atoms with Crippen LogP contribution in [0.5, 0.6) is 0 Å². The Morgan fingerprint density at radius 1 is 1.40 bits per heavy atom. The zero-order valence-corrected chi connectivity index (χ0v) is 17.2. The largest absolute Gasteiger partial charge is 0.404 e. The average Bonchev–Trinajstić information content (AvgIpc) is 3.43. The van der Waals surface area contributed by atoms with E-state index in [1.807, 2.05) is 33.7 Å². The van der Waals surface area contributed by atoms with Gasteiger partial charge < -0.3 is 10.6 Å². The molecule has 30 heavy (non-hydrogen) atoms. The number of aromatic nitrogens is 5. The van der Waals surface area contributed by atoms with Crippen LogP contribution < -0.4 is 5.73 Å². The molecular formula is C21H25N9. The first-order valence-corrected chi connectivity index (χ1v) is 9.90. The highest BCUT2D eigenvalue weighted by molar-refractivity contribution is 6.09. The number of nitrogens with zero attached hydrogens (tertiary/aromatic N) is 8. The predicted molar refractivity (Wildman–Crippen MR) is 116 cm³/mol. The zero-order chi connectivity index (χ0) is 21.1. The molecule has 9 nitrogen and oxygen atoms in total. The van der Waals surface area contributed by atoms with E-state index in [1.165, 1.54) is 6.20 Å². The molecule has 2 N–H and O–H groups in total. The summed E-state index contributed by atoms with van der Waals surface area (Å²) in [4.78, 5) is 15.6. The Hall–Kier alpha value is -3.51. The lowest BCUT2D eigenvalue weighted by atomic mass is 9.85. The molecule has 0 bridgehead atoms. The summed E-state index contributed by atoms with van der Waals surface area (Å²) in [6.45, 7) is 1.88. The Morgan fingerprint density at radius 2 is 2.20 bits per heavy atom. The second-order valence-electron chi connectivity index (χ2n) is 7.67. The normalized spacial score (nSPS) is 17.6. The molecule has 0 spiro atoms. The topological polar surface area (TPSA) is 113 Å². The minimum atomic E-state index is -0.289. The van der Waals surface area contributed by atoms with E-state index in [-0.39, 0.29) is 5.54 Å². The van der Waals surface area contributed by atoms with Crippen LogP contribution in [0.1, 0.15) is 25.0 Å². The van der Waals surface area contributed by atoms with E-state index in [4.69, 9.17) is 10.7 Å². The average molecular weight is 403 g/mol. The number of hydrogen-bond acceptors (Lipinski definition) is 7. The lowest BCUT2D eigenvalue weighted by molar-refractivity contribution is 0.119. The van der Waals surface area contributed by atoms with Gasteiger partial charge in [-0.05, 0) is 19.9 Å². The minimum Gasteiger partial charge on any atom is -0.404 e. The van der Waals surface area contributed by atoms with Crippen LogP contribution >= 0.6 is 0 Å². The van der Waals surface area contributed by atoms with Crippen molar-refractivity contribution in [3.05, 3.63) is 42.7 Å². The van der Waals surface area contributed by atoms with Crippen molar-refractivity contribution in [1.82, 2.24) is 29.0 Å². The zero-order valence-electron chi connectivity index (χ0n) is 17.2. The van der Waals surface area contributed by atoms with Crippen LogP contribution in [0.25, 0.3) is 22.6 Å². The number of fused-ring (bicyclic) bond motifs is 1. The summed E-state index contributed by atoms with van der Waals surface area (Å²) in [5.41, 5.74) is 8.53. The fourth-order valence-corrected chi connectivity index (χ4v) is 3.97. The number of hydrogen-bond donors (Lipinski definition) is 1. The number of allylic oxidation sites excluding steroid dienone is 1. The van der Waals surface area contributed by atoms with Gasteiger partial charge in [0, 0.05) is 62.8 Å². The Balaban J connectivity index is 1.79. The van der Waals surface area contributed by atoms with Crippen molar-refractivity contribution in [2.24, 2.45) is 10.7 Å². The minimum absolute atomic E-state index is 0.289. The van der Waals surface area contributed by atoms with Crippen LogP contribution in [-0.4, -0.2) is 62.4 Å². The van der Waals surface area contributed by atoms with Crippen molar-refractivity contribution in [1.29, 1.82) is 5.26 Å². The third-order valence-corrected chi connectivity index (χ3v) is 5.79. The smallest absolute Gasteiger partial charge is 0.149 e. The number of aliphatic imine (C=N–C) groups is 1. The van der Waals surface area contributed by atoms with Crippen molar-refractivity contribution in [3.63, 3.8) is 0 Å². The lowest BCUT2D eigenvalue weighted by Crippen LogP contribution is -2.45. The van der Waals surface area contributed by atoms with E-state index >= 15 is 0 Å². The fraction of sp³-hybridized carbons (Fsp3) is 0.381. The summed E-state index contributed by atoms with van der Waals surface area (Å²) in [7, 11) is 3.80. The predicted octanol–water partition coefficient (Wildman–Crippen LogP) is 1.93. The third kappa shape index (κ3) is 3.46. The first-order chi connectivity index (χ1) is 14.6. The molecule has 3 aromatic heterocycles. The number of nitriles is 1. The van der Waals surface area contributed by atoms with E-state index < -0.39 is 0 Å². The molecular weight excluding hydrogens is 378 g/mol. The van der Waals surface area contributed by atoms with E-state index in [9.17, 15) is 5.26 Å². The van der Waals surface area contributed by atoms with Crippen LogP contribution in [0.4, 0.5) is 0 Å². The molecule has 0 aliphatic carbocycles. The Kier molecular flexibility index (Phi) is 5.33. The van der Waals surface area contributed by atoms with Gasteiger partial charge in [0.2, 0.25) is 0 Å². The van der Waals surface area contributed by atoms with Crippen molar-refractivity contribution in [2.75, 3.05) is 27.2 Å². The summed E-state index contributed by atoms with van der Waals surface area (Å²) in [6, 6.07) is 4.24. The molecule has 0 aromatic carbocycles. The summed E-state index contributed by atoms with van der Waals surface area (Å²) in [6.07, 6.45) is 12.8. The maximum atomic E-state index is 9.46. The van der Waals surface area contributed by atoms with E-state index in [0.29, 0.717) is 17.7 Å².